The van der Waals surface area contributed by atoms with Gasteiger partial charge >= 0.3 is 0 Å². The molecule has 0 radical (unpaired) electrons. The smallest absolute Gasteiger partial charge is 0.169 e. The van der Waals surface area contributed by atoms with Crippen LogP contribution in [-0.2, 0) is 21.3 Å². The van der Waals surface area contributed by atoms with Gasteiger partial charge in [-0.3, -0.25) is 0 Å². The van der Waals surface area contributed by atoms with E-state index in [1.54, 1.807) is 0 Å². The standard InChI is InChI=1S/C20H24N2O2/c1-22-7-6-19-13-20(23-8-9-24-20)5-4-16(19)18(22)11-15-3-2-14(12-21)10-17(15)19/h2-3,10,16,18H,4-9,11,13H2,1H3/t16-,18+,19-/m0/s1. The van der Waals surface area contributed by atoms with Crippen molar-refractivity contribution in [2.45, 2.75) is 49.3 Å². The molecule has 126 valence electrons. The molecule has 0 amide bonds. The number of nitriles is 1. The molecule has 0 unspecified atom stereocenters. The molecule has 0 aromatic heterocycles. The largest absolute Gasteiger partial charge is 0.348 e. The minimum Gasteiger partial charge on any atom is -0.348 e. The van der Waals surface area contributed by atoms with Crippen LogP contribution in [0.15, 0.2) is 18.2 Å². The maximum atomic E-state index is 9.40. The maximum absolute atomic E-state index is 9.40. The number of rotatable bonds is 0. The third kappa shape index (κ3) is 1.89. The summed E-state index contributed by atoms with van der Waals surface area (Å²) in [5.41, 5.74) is 3.73. The van der Waals surface area contributed by atoms with Crippen LogP contribution in [-0.4, -0.2) is 43.5 Å². The van der Waals surface area contributed by atoms with Crippen molar-refractivity contribution in [1.82, 2.24) is 4.90 Å². The number of likely N-dealkylation sites (N-methyl/N-ethyl adjacent to an activating group) is 1. The van der Waals surface area contributed by atoms with Gasteiger partial charge in [0, 0.05) is 24.3 Å². The average Bonchev–Trinajstić information content (AvgIpc) is 3.05. The fraction of sp³-hybridized carbons (Fsp3) is 0.650. The number of benzene rings is 1. The Morgan fingerprint density at radius 3 is 2.88 bits per heavy atom. The van der Waals surface area contributed by atoms with Crippen molar-refractivity contribution in [2.75, 3.05) is 26.8 Å². The number of likely N-dealkylation sites (tertiary alicyclic amines) is 1. The van der Waals surface area contributed by atoms with Crippen molar-refractivity contribution in [3.05, 3.63) is 34.9 Å². The molecule has 1 aromatic rings. The van der Waals surface area contributed by atoms with Gasteiger partial charge in [-0.1, -0.05) is 6.07 Å². The van der Waals surface area contributed by atoms with Crippen LogP contribution in [0.25, 0.3) is 0 Å². The van der Waals surface area contributed by atoms with Gasteiger partial charge in [-0.2, -0.15) is 5.26 Å². The molecule has 3 fully saturated rings. The van der Waals surface area contributed by atoms with Gasteiger partial charge in [0.15, 0.2) is 5.79 Å². The Balaban J connectivity index is 1.67. The molecule has 2 bridgehead atoms. The lowest BCUT2D eigenvalue weighted by Gasteiger charge is -2.60. The summed E-state index contributed by atoms with van der Waals surface area (Å²) < 4.78 is 12.2. The highest BCUT2D eigenvalue weighted by Gasteiger charge is 2.60. The Kier molecular flexibility index (Phi) is 3.13. The van der Waals surface area contributed by atoms with Gasteiger partial charge in [-0.25, -0.2) is 0 Å². The van der Waals surface area contributed by atoms with Crippen LogP contribution < -0.4 is 0 Å². The first kappa shape index (κ1) is 14.9. The monoisotopic (exact) mass is 324 g/mol. The van der Waals surface area contributed by atoms with Gasteiger partial charge in [0.25, 0.3) is 0 Å². The van der Waals surface area contributed by atoms with Crippen molar-refractivity contribution in [3.63, 3.8) is 0 Å². The molecule has 1 aromatic carbocycles. The van der Waals surface area contributed by atoms with Crippen molar-refractivity contribution >= 4 is 0 Å². The molecular formula is C20H24N2O2. The van der Waals surface area contributed by atoms with Gasteiger partial charge in [-0.15, -0.1) is 0 Å². The second kappa shape index (κ2) is 5.05. The third-order valence-electron chi connectivity index (χ3n) is 7.09. The van der Waals surface area contributed by atoms with E-state index < -0.39 is 0 Å². The molecule has 3 atom stereocenters. The number of hydrogen-bond donors (Lipinski definition) is 0. The van der Waals surface area contributed by atoms with E-state index in [1.807, 2.05) is 6.07 Å². The average molecular weight is 324 g/mol. The number of piperidine rings is 1. The Labute approximate surface area is 143 Å². The fourth-order valence-corrected chi connectivity index (χ4v) is 6.02. The first-order valence-corrected chi connectivity index (χ1v) is 9.18. The second-order valence-corrected chi connectivity index (χ2v) is 8.07. The zero-order valence-electron chi connectivity index (χ0n) is 14.3. The molecule has 4 aliphatic rings. The highest BCUT2D eigenvalue weighted by molar-refractivity contribution is 5.47. The Bertz CT molecular complexity index is 719. The van der Waals surface area contributed by atoms with Crippen LogP contribution in [0, 0.1) is 17.2 Å². The highest BCUT2D eigenvalue weighted by atomic mass is 16.7. The first-order chi connectivity index (χ1) is 11.7. The van der Waals surface area contributed by atoms with Crippen LogP contribution in [0.1, 0.15) is 42.4 Å². The lowest BCUT2D eigenvalue weighted by atomic mass is 9.51. The van der Waals surface area contributed by atoms with E-state index in [9.17, 15) is 5.26 Å². The summed E-state index contributed by atoms with van der Waals surface area (Å²) in [6, 6.07) is 9.28. The molecule has 1 spiro atoms. The Morgan fingerprint density at radius 1 is 1.25 bits per heavy atom. The molecule has 2 aliphatic heterocycles. The topological polar surface area (TPSA) is 45.5 Å². The van der Waals surface area contributed by atoms with Crippen molar-refractivity contribution in [1.29, 1.82) is 5.26 Å². The molecule has 4 heteroatoms. The summed E-state index contributed by atoms with van der Waals surface area (Å²) in [5.74, 6) is 0.268. The molecule has 1 saturated carbocycles. The van der Waals surface area contributed by atoms with E-state index in [-0.39, 0.29) is 11.2 Å². The summed E-state index contributed by atoms with van der Waals surface area (Å²) in [4.78, 5) is 2.55. The lowest BCUT2D eigenvalue weighted by molar-refractivity contribution is -0.212. The fourth-order valence-electron chi connectivity index (χ4n) is 6.02. The lowest BCUT2D eigenvalue weighted by Crippen LogP contribution is -2.63. The normalized spacial score (nSPS) is 36.8. The van der Waals surface area contributed by atoms with Gasteiger partial charge in [-0.05, 0) is 62.0 Å². The molecule has 2 saturated heterocycles. The predicted molar refractivity (Wildman–Crippen MR) is 89.6 cm³/mol. The number of ether oxygens (including phenoxy) is 2. The highest BCUT2D eigenvalue weighted by Crippen LogP contribution is 2.59. The summed E-state index contributed by atoms with van der Waals surface area (Å²) in [6.07, 6.45) is 5.37. The van der Waals surface area contributed by atoms with Crippen LogP contribution in [0.2, 0.25) is 0 Å². The van der Waals surface area contributed by atoms with E-state index in [1.165, 1.54) is 11.1 Å². The summed E-state index contributed by atoms with van der Waals surface area (Å²) in [6.45, 7) is 2.55. The molecular weight excluding hydrogens is 300 g/mol. The summed E-state index contributed by atoms with van der Waals surface area (Å²) >= 11 is 0. The molecule has 2 heterocycles. The van der Waals surface area contributed by atoms with E-state index in [2.05, 4.69) is 30.1 Å². The molecule has 4 nitrogen and oxygen atoms in total. The van der Waals surface area contributed by atoms with Gasteiger partial charge in [0.2, 0.25) is 0 Å². The van der Waals surface area contributed by atoms with E-state index in [0.717, 1.165) is 57.4 Å². The Hall–Kier alpha value is -1.41. The number of hydrogen-bond acceptors (Lipinski definition) is 4. The quantitative estimate of drug-likeness (QED) is 0.736. The minimum atomic E-state index is -0.381. The molecule has 5 rings (SSSR count). The van der Waals surface area contributed by atoms with Crippen LogP contribution in [0.5, 0.6) is 0 Å². The van der Waals surface area contributed by atoms with Crippen molar-refractivity contribution in [3.8, 4) is 6.07 Å². The van der Waals surface area contributed by atoms with Crippen molar-refractivity contribution in [2.24, 2.45) is 5.92 Å². The third-order valence-corrected chi connectivity index (χ3v) is 7.09. The zero-order chi connectivity index (χ0) is 16.4. The second-order valence-electron chi connectivity index (χ2n) is 8.07. The minimum absolute atomic E-state index is 0.111. The molecule has 0 N–H and O–H groups in total. The number of fused-ring (bicyclic) bond motifs is 1. The predicted octanol–water partition coefficient (Wildman–Crippen LogP) is 2.60. The Morgan fingerprint density at radius 2 is 2.08 bits per heavy atom. The number of nitrogens with zero attached hydrogens (tertiary/aromatic N) is 2. The van der Waals surface area contributed by atoms with E-state index >= 15 is 0 Å². The zero-order valence-corrected chi connectivity index (χ0v) is 14.3. The van der Waals surface area contributed by atoms with Gasteiger partial charge in [0.1, 0.15) is 0 Å². The van der Waals surface area contributed by atoms with E-state index in [4.69, 9.17) is 9.47 Å². The van der Waals surface area contributed by atoms with Gasteiger partial charge < -0.3 is 14.4 Å². The van der Waals surface area contributed by atoms with Crippen LogP contribution in [0.4, 0.5) is 0 Å². The summed E-state index contributed by atoms with van der Waals surface area (Å²) in [5, 5.41) is 9.40. The van der Waals surface area contributed by atoms with Gasteiger partial charge in [0.05, 0.1) is 24.8 Å². The van der Waals surface area contributed by atoms with Crippen LogP contribution >= 0.6 is 0 Å². The maximum Gasteiger partial charge on any atom is 0.169 e. The molecule has 2 aliphatic carbocycles. The SMILES string of the molecule is CN1CC[C@]23CC4(CC[C@H]2[C@H]1Cc1ccc(C#N)cc13)OCCO4. The van der Waals surface area contributed by atoms with E-state index in [0.29, 0.717) is 12.0 Å². The first-order valence-electron chi connectivity index (χ1n) is 9.18. The van der Waals surface area contributed by atoms with Crippen molar-refractivity contribution < 1.29 is 9.47 Å². The summed E-state index contributed by atoms with van der Waals surface area (Å²) in [7, 11) is 2.27. The van der Waals surface area contributed by atoms with Crippen LogP contribution in [0.3, 0.4) is 0 Å². The molecule has 24 heavy (non-hydrogen) atoms.